The number of rotatable bonds is 5. The van der Waals surface area contributed by atoms with Crippen molar-refractivity contribution in [2.24, 2.45) is 0 Å². The van der Waals surface area contributed by atoms with E-state index in [0.717, 1.165) is 12.1 Å². The van der Waals surface area contributed by atoms with E-state index in [9.17, 15) is 29.2 Å². The molecule has 0 aliphatic carbocycles. The second-order valence-electron chi connectivity index (χ2n) is 3.05. The summed E-state index contributed by atoms with van der Waals surface area (Å²) >= 11 is 0. The summed E-state index contributed by atoms with van der Waals surface area (Å²) in [4.78, 5) is 29.4. The van der Waals surface area contributed by atoms with Gasteiger partial charge in [-0.3, -0.25) is 29.2 Å². The topological polar surface area (TPSA) is 141 Å². The molecule has 0 fully saturated rings. The summed E-state index contributed by atoms with van der Waals surface area (Å²) in [6, 6.07) is 2.51. The molecule has 0 bridgehead atoms. The van der Waals surface area contributed by atoms with Crippen molar-refractivity contribution in [3.05, 3.63) is 38.4 Å². The van der Waals surface area contributed by atoms with Gasteiger partial charge >= 0.3 is 5.97 Å². The average Bonchev–Trinajstić information content (AvgIpc) is 2.26. The molecule has 0 saturated heterocycles. The van der Waals surface area contributed by atoms with E-state index in [1.165, 1.54) is 0 Å². The first kappa shape index (κ1) is 13.7. The van der Waals surface area contributed by atoms with Gasteiger partial charge in [0.05, 0.1) is 26.7 Å². The molecule has 10 heteroatoms. The zero-order valence-corrected chi connectivity index (χ0v) is 9.46. The number of nitrogens with zero attached hydrogens (tertiary/aromatic N) is 2. The van der Waals surface area contributed by atoms with Crippen molar-refractivity contribution in [2.75, 3.05) is 5.75 Å². The summed E-state index contributed by atoms with van der Waals surface area (Å²) in [7, 11) is -2.13. The maximum absolute atomic E-state index is 11.5. The van der Waals surface area contributed by atoms with E-state index >= 15 is 0 Å². The summed E-state index contributed by atoms with van der Waals surface area (Å²) in [6.45, 7) is 0. The van der Waals surface area contributed by atoms with Crippen LogP contribution in [0, 0.1) is 20.2 Å². The molecule has 9 nitrogen and oxygen atoms in total. The molecule has 1 N–H and O–H groups in total. The molecule has 0 unspecified atom stereocenters. The normalized spacial score (nSPS) is 11.8. The van der Waals surface area contributed by atoms with Crippen molar-refractivity contribution in [1.29, 1.82) is 0 Å². The second kappa shape index (κ2) is 5.31. The Bertz CT molecular complexity index is 556. The van der Waals surface area contributed by atoms with E-state index in [-0.39, 0.29) is 4.90 Å². The van der Waals surface area contributed by atoms with Crippen LogP contribution in [0.2, 0.25) is 0 Å². The highest BCUT2D eigenvalue weighted by Crippen LogP contribution is 2.27. The van der Waals surface area contributed by atoms with Crippen molar-refractivity contribution < 1.29 is 24.0 Å². The van der Waals surface area contributed by atoms with Crippen molar-refractivity contribution in [3.8, 4) is 0 Å². The van der Waals surface area contributed by atoms with Crippen molar-refractivity contribution in [3.63, 3.8) is 0 Å². The minimum absolute atomic E-state index is 0.354. The smallest absolute Gasteiger partial charge is 0.316 e. The number of carbonyl (C=O) groups is 1. The molecule has 0 heterocycles. The van der Waals surface area contributed by atoms with Crippen LogP contribution in [0.15, 0.2) is 23.1 Å². The third kappa shape index (κ3) is 3.07. The minimum Gasteiger partial charge on any atom is -0.481 e. The number of hydrogen-bond acceptors (Lipinski definition) is 6. The van der Waals surface area contributed by atoms with Crippen molar-refractivity contribution in [1.82, 2.24) is 0 Å². The maximum Gasteiger partial charge on any atom is 0.316 e. The number of nitro benzene ring substituents is 2. The molecule has 1 rings (SSSR count). The zero-order chi connectivity index (χ0) is 13.9. The molecule has 0 aliphatic rings. The Morgan fingerprint density at radius 2 is 1.89 bits per heavy atom. The largest absolute Gasteiger partial charge is 0.481 e. The Morgan fingerprint density at radius 1 is 1.28 bits per heavy atom. The lowest BCUT2D eigenvalue weighted by Gasteiger charge is -2.01. The van der Waals surface area contributed by atoms with E-state index in [1.54, 1.807) is 0 Å². The van der Waals surface area contributed by atoms with E-state index < -0.39 is 43.7 Å². The first-order valence-electron chi connectivity index (χ1n) is 4.36. The zero-order valence-electron chi connectivity index (χ0n) is 8.64. The molecule has 0 radical (unpaired) electrons. The highest BCUT2D eigenvalue weighted by Gasteiger charge is 2.24. The predicted molar refractivity (Wildman–Crippen MR) is 58.7 cm³/mol. The molecule has 0 saturated carbocycles. The van der Waals surface area contributed by atoms with Crippen molar-refractivity contribution in [2.45, 2.75) is 4.90 Å². The van der Waals surface area contributed by atoms with Crippen LogP contribution in [-0.2, 0) is 15.6 Å². The lowest BCUT2D eigenvalue weighted by molar-refractivity contribution is -0.396. The molecule has 0 amide bonds. The van der Waals surface area contributed by atoms with E-state index in [4.69, 9.17) is 5.11 Å². The van der Waals surface area contributed by atoms with Crippen LogP contribution in [0.5, 0.6) is 0 Å². The highest BCUT2D eigenvalue weighted by atomic mass is 32.2. The van der Waals surface area contributed by atoms with Crippen molar-refractivity contribution >= 4 is 28.1 Å². The fraction of sp³-hybridized carbons (Fsp3) is 0.125. The Labute approximate surface area is 102 Å². The molecule has 0 spiro atoms. The van der Waals surface area contributed by atoms with Gasteiger partial charge in [0.25, 0.3) is 11.4 Å². The summed E-state index contributed by atoms with van der Waals surface area (Å²) in [5.74, 6) is -2.19. The summed E-state index contributed by atoms with van der Waals surface area (Å²) in [5, 5.41) is 29.6. The molecule has 0 aromatic heterocycles. The quantitative estimate of drug-likeness (QED) is 0.615. The van der Waals surface area contributed by atoms with Gasteiger partial charge in [0, 0.05) is 6.07 Å². The van der Waals surface area contributed by atoms with Gasteiger partial charge in [0.2, 0.25) is 0 Å². The lowest BCUT2D eigenvalue weighted by Crippen LogP contribution is -2.10. The number of nitro groups is 2. The Morgan fingerprint density at radius 3 is 2.33 bits per heavy atom. The number of carboxylic acids is 1. The first-order chi connectivity index (χ1) is 8.32. The van der Waals surface area contributed by atoms with E-state index in [1.807, 2.05) is 0 Å². The van der Waals surface area contributed by atoms with Gasteiger partial charge in [-0.05, 0) is 6.07 Å². The standard InChI is InChI=1S/C8H6N2O7S/c11-8(12)4-18(17)7-2-1-5(9(13)14)3-6(7)10(15)16/h1-3H,4H2,(H,11,12)/t18-/m1/s1. The molecule has 96 valence electrons. The monoisotopic (exact) mass is 274 g/mol. The summed E-state index contributed by atoms with van der Waals surface area (Å²) in [5.41, 5.74) is -1.26. The Balaban J connectivity index is 3.27. The van der Waals surface area contributed by atoms with Crippen LogP contribution in [0.25, 0.3) is 0 Å². The van der Waals surface area contributed by atoms with Crippen LogP contribution >= 0.6 is 0 Å². The molecule has 1 atom stereocenters. The lowest BCUT2D eigenvalue weighted by atomic mass is 10.3. The summed E-state index contributed by atoms with van der Waals surface area (Å²) < 4.78 is 11.5. The van der Waals surface area contributed by atoms with Crippen LogP contribution in [-0.4, -0.2) is 30.9 Å². The average molecular weight is 274 g/mol. The van der Waals surface area contributed by atoms with Gasteiger partial charge in [-0.2, -0.15) is 0 Å². The van der Waals surface area contributed by atoms with Gasteiger partial charge in [0.15, 0.2) is 0 Å². The Hall–Kier alpha value is -2.36. The van der Waals surface area contributed by atoms with Crippen LogP contribution < -0.4 is 0 Å². The number of aliphatic carboxylic acids is 1. The maximum atomic E-state index is 11.5. The molecule has 1 aromatic rings. The number of benzene rings is 1. The minimum atomic E-state index is -2.13. The third-order valence-corrected chi connectivity index (χ3v) is 3.19. The summed E-state index contributed by atoms with van der Waals surface area (Å²) in [6.07, 6.45) is 0. The highest BCUT2D eigenvalue weighted by molar-refractivity contribution is 7.85. The van der Waals surface area contributed by atoms with Gasteiger partial charge in [-0.1, -0.05) is 0 Å². The number of non-ortho nitro benzene ring substituents is 1. The molecule has 18 heavy (non-hydrogen) atoms. The van der Waals surface area contributed by atoms with E-state index in [0.29, 0.717) is 6.07 Å². The fourth-order valence-corrected chi connectivity index (χ4v) is 2.11. The van der Waals surface area contributed by atoms with Crippen LogP contribution in [0.4, 0.5) is 11.4 Å². The molecular formula is C8H6N2O7S. The first-order valence-corrected chi connectivity index (χ1v) is 5.68. The van der Waals surface area contributed by atoms with Gasteiger partial charge in [-0.15, -0.1) is 0 Å². The van der Waals surface area contributed by atoms with Gasteiger partial charge in [0.1, 0.15) is 10.6 Å². The molecule has 0 aliphatic heterocycles. The molecular weight excluding hydrogens is 268 g/mol. The van der Waals surface area contributed by atoms with Crippen LogP contribution in [0.1, 0.15) is 0 Å². The SMILES string of the molecule is O=C(O)C[S@@](=O)c1ccc([N+](=O)[O-])cc1[N+](=O)[O-]. The van der Waals surface area contributed by atoms with Crippen LogP contribution in [0.3, 0.4) is 0 Å². The van der Waals surface area contributed by atoms with Gasteiger partial charge < -0.3 is 5.11 Å². The second-order valence-corrected chi connectivity index (χ2v) is 4.47. The third-order valence-electron chi connectivity index (χ3n) is 1.85. The molecule has 1 aromatic carbocycles. The Kier molecular flexibility index (Phi) is 4.05. The number of hydrogen-bond donors (Lipinski definition) is 1. The fourth-order valence-electron chi connectivity index (χ4n) is 1.14. The predicted octanol–water partition coefficient (Wildman–Crippen LogP) is 0.695. The van der Waals surface area contributed by atoms with E-state index in [2.05, 4.69) is 0 Å². The number of carboxylic acid groups (broad SMARTS) is 1. The van der Waals surface area contributed by atoms with Gasteiger partial charge in [-0.25, -0.2) is 0 Å².